The Balaban J connectivity index is 1.53. The molecule has 6 nitrogen and oxygen atoms in total. The highest BCUT2D eigenvalue weighted by molar-refractivity contribution is 7.99. The summed E-state index contributed by atoms with van der Waals surface area (Å²) in [5.74, 6) is 1.72. The molecule has 0 spiro atoms. The van der Waals surface area contributed by atoms with Crippen LogP contribution in [0.15, 0.2) is 15.4 Å². The third-order valence-corrected chi connectivity index (χ3v) is 5.89. The third kappa shape index (κ3) is 3.21. The first-order valence-electron chi connectivity index (χ1n) is 8.20. The van der Waals surface area contributed by atoms with Crippen molar-refractivity contribution in [3.63, 3.8) is 0 Å². The molecule has 0 atom stereocenters. The van der Waals surface area contributed by atoms with Crippen molar-refractivity contribution in [1.29, 1.82) is 0 Å². The molecule has 2 aromatic rings. The van der Waals surface area contributed by atoms with Crippen molar-refractivity contribution in [3.8, 4) is 11.4 Å². The molecule has 4 rings (SSSR count). The highest BCUT2D eigenvalue weighted by Gasteiger charge is 2.19. The van der Waals surface area contributed by atoms with Gasteiger partial charge in [-0.3, -0.25) is 4.79 Å². The van der Waals surface area contributed by atoms with Gasteiger partial charge in [-0.2, -0.15) is 4.98 Å². The molecule has 2 N–H and O–H groups in total. The fourth-order valence-electron chi connectivity index (χ4n) is 3.26. The van der Waals surface area contributed by atoms with Crippen LogP contribution in [0.25, 0.3) is 11.4 Å². The lowest BCUT2D eigenvalue weighted by molar-refractivity contribution is 0.391. The Morgan fingerprint density at radius 1 is 1.35 bits per heavy atom. The predicted molar refractivity (Wildman–Crippen MR) is 89.3 cm³/mol. The smallest absolute Gasteiger partial charge is 0.259 e. The molecule has 1 aliphatic carbocycles. The maximum absolute atomic E-state index is 12.3. The molecular formula is C16H20N4O2S. The zero-order valence-corrected chi connectivity index (χ0v) is 13.7. The molecule has 3 heterocycles. The summed E-state index contributed by atoms with van der Waals surface area (Å²) < 4.78 is 5.33. The first-order chi connectivity index (χ1) is 11.3. The average Bonchev–Trinajstić information content (AvgIpc) is 3.24. The molecule has 0 aromatic carbocycles. The largest absolute Gasteiger partial charge is 0.338 e. The molecule has 0 amide bonds. The van der Waals surface area contributed by atoms with Gasteiger partial charge in [0.15, 0.2) is 0 Å². The zero-order chi connectivity index (χ0) is 15.6. The molecular weight excluding hydrogens is 312 g/mol. The van der Waals surface area contributed by atoms with Crippen LogP contribution in [0.4, 0.5) is 0 Å². The Hall–Kier alpha value is -1.60. The quantitative estimate of drug-likeness (QED) is 0.893. The van der Waals surface area contributed by atoms with Crippen molar-refractivity contribution >= 4 is 11.8 Å². The van der Waals surface area contributed by atoms with Crippen LogP contribution < -0.4 is 10.9 Å². The molecule has 0 saturated heterocycles. The number of nitrogens with one attached hydrogen (secondary N) is 2. The third-order valence-electron chi connectivity index (χ3n) is 4.54. The molecule has 0 bridgehead atoms. The number of hydrogen-bond donors (Lipinski definition) is 2. The lowest BCUT2D eigenvalue weighted by Crippen LogP contribution is -2.27. The molecule has 122 valence electrons. The van der Waals surface area contributed by atoms with Crippen LogP contribution in [0, 0.1) is 0 Å². The van der Waals surface area contributed by atoms with Crippen LogP contribution in [0.3, 0.4) is 0 Å². The van der Waals surface area contributed by atoms with E-state index >= 15 is 0 Å². The SMILES string of the molecule is O=c1[nH]c2c(cc1-c1noc(CSC3CCCC3)n1)CNCC2. The minimum atomic E-state index is -0.138. The van der Waals surface area contributed by atoms with Gasteiger partial charge in [0, 0.05) is 30.5 Å². The highest BCUT2D eigenvalue weighted by atomic mass is 32.2. The first-order valence-corrected chi connectivity index (χ1v) is 9.25. The van der Waals surface area contributed by atoms with Crippen molar-refractivity contribution in [2.75, 3.05) is 6.54 Å². The summed E-state index contributed by atoms with van der Waals surface area (Å²) in [6.45, 7) is 1.66. The number of pyridine rings is 1. The van der Waals surface area contributed by atoms with Crippen molar-refractivity contribution in [3.05, 3.63) is 33.6 Å². The van der Waals surface area contributed by atoms with Gasteiger partial charge in [0.2, 0.25) is 11.7 Å². The van der Waals surface area contributed by atoms with Crippen molar-refractivity contribution in [2.45, 2.75) is 49.7 Å². The summed E-state index contributed by atoms with van der Waals surface area (Å²) in [5, 5.41) is 8.02. The predicted octanol–water partition coefficient (Wildman–Crippen LogP) is 2.25. The Kier molecular flexibility index (Phi) is 4.22. The number of nitrogens with zero attached hydrogens (tertiary/aromatic N) is 2. The summed E-state index contributed by atoms with van der Waals surface area (Å²) in [6.07, 6.45) is 6.06. The van der Waals surface area contributed by atoms with Crippen LogP contribution in [-0.2, 0) is 18.7 Å². The normalized spacial score (nSPS) is 18.3. The van der Waals surface area contributed by atoms with Gasteiger partial charge in [-0.15, -0.1) is 11.8 Å². The Bertz CT molecular complexity index is 749. The summed E-state index contributed by atoms with van der Waals surface area (Å²) in [6, 6.07) is 1.89. The molecule has 0 radical (unpaired) electrons. The Labute approximate surface area is 138 Å². The maximum Gasteiger partial charge on any atom is 0.259 e. The minimum absolute atomic E-state index is 0.138. The average molecular weight is 332 g/mol. The van der Waals surface area contributed by atoms with E-state index in [4.69, 9.17) is 4.52 Å². The fourth-order valence-corrected chi connectivity index (χ4v) is 4.42. The number of hydrogen-bond acceptors (Lipinski definition) is 6. The van der Waals surface area contributed by atoms with Gasteiger partial charge in [0.25, 0.3) is 5.56 Å². The number of fused-ring (bicyclic) bond motifs is 1. The molecule has 1 aliphatic heterocycles. The lowest BCUT2D eigenvalue weighted by atomic mass is 10.0. The van der Waals surface area contributed by atoms with Gasteiger partial charge in [0.05, 0.1) is 11.3 Å². The second kappa shape index (κ2) is 6.49. The van der Waals surface area contributed by atoms with Crippen LogP contribution in [0.2, 0.25) is 0 Å². The number of aromatic amines is 1. The highest BCUT2D eigenvalue weighted by Crippen LogP contribution is 2.31. The molecule has 1 fully saturated rings. The van der Waals surface area contributed by atoms with E-state index < -0.39 is 0 Å². The topological polar surface area (TPSA) is 83.8 Å². The molecule has 2 aliphatic rings. The number of thioether (sulfide) groups is 1. The van der Waals surface area contributed by atoms with Gasteiger partial charge in [-0.1, -0.05) is 18.0 Å². The van der Waals surface area contributed by atoms with Crippen LogP contribution in [0.1, 0.15) is 42.8 Å². The summed E-state index contributed by atoms with van der Waals surface area (Å²) >= 11 is 1.88. The standard InChI is InChI=1S/C16H20N4O2S/c21-16-12(7-10-8-17-6-5-13(10)18-16)15-19-14(22-20-15)9-23-11-3-1-2-4-11/h7,11,17H,1-6,8-9H2,(H,18,21). The van der Waals surface area contributed by atoms with Crippen LogP contribution in [0.5, 0.6) is 0 Å². The first kappa shape index (κ1) is 15.0. The molecule has 7 heteroatoms. The van der Waals surface area contributed by atoms with E-state index in [0.29, 0.717) is 22.5 Å². The zero-order valence-electron chi connectivity index (χ0n) is 12.9. The summed E-state index contributed by atoms with van der Waals surface area (Å²) in [4.78, 5) is 19.6. The maximum atomic E-state index is 12.3. The van der Waals surface area contributed by atoms with E-state index in [2.05, 4.69) is 20.4 Å². The van der Waals surface area contributed by atoms with E-state index in [9.17, 15) is 4.79 Å². The Morgan fingerprint density at radius 3 is 3.09 bits per heavy atom. The Morgan fingerprint density at radius 2 is 2.22 bits per heavy atom. The number of aromatic nitrogens is 3. The van der Waals surface area contributed by atoms with Gasteiger partial charge in [-0.05, 0) is 24.5 Å². The summed E-state index contributed by atoms with van der Waals surface area (Å²) in [5.41, 5.74) is 2.48. The van der Waals surface area contributed by atoms with Crippen molar-refractivity contribution in [2.24, 2.45) is 0 Å². The molecule has 23 heavy (non-hydrogen) atoms. The van der Waals surface area contributed by atoms with Gasteiger partial charge >= 0.3 is 0 Å². The monoisotopic (exact) mass is 332 g/mol. The van der Waals surface area contributed by atoms with Crippen molar-refractivity contribution < 1.29 is 4.52 Å². The van der Waals surface area contributed by atoms with Crippen LogP contribution in [-0.4, -0.2) is 26.9 Å². The van der Waals surface area contributed by atoms with E-state index in [1.54, 1.807) is 0 Å². The van der Waals surface area contributed by atoms with E-state index in [1.807, 2.05) is 17.8 Å². The minimum Gasteiger partial charge on any atom is -0.338 e. The molecule has 2 aromatic heterocycles. The van der Waals surface area contributed by atoms with Crippen LogP contribution >= 0.6 is 11.8 Å². The summed E-state index contributed by atoms with van der Waals surface area (Å²) in [7, 11) is 0. The molecule has 0 unspecified atom stereocenters. The van der Waals surface area contributed by atoms with Crippen molar-refractivity contribution in [1.82, 2.24) is 20.4 Å². The fraction of sp³-hybridized carbons (Fsp3) is 0.562. The lowest BCUT2D eigenvalue weighted by Gasteiger charge is -2.16. The second-order valence-electron chi connectivity index (χ2n) is 6.17. The number of H-pyrrole nitrogens is 1. The van der Waals surface area contributed by atoms with E-state index in [1.165, 1.54) is 25.7 Å². The number of rotatable bonds is 4. The van der Waals surface area contributed by atoms with Gasteiger partial charge in [-0.25, -0.2) is 0 Å². The van der Waals surface area contributed by atoms with E-state index in [-0.39, 0.29) is 5.56 Å². The molecule has 1 saturated carbocycles. The van der Waals surface area contributed by atoms with E-state index in [0.717, 1.165) is 36.5 Å². The van der Waals surface area contributed by atoms with Gasteiger partial charge < -0.3 is 14.8 Å². The van der Waals surface area contributed by atoms with Gasteiger partial charge in [0.1, 0.15) is 0 Å². The second-order valence-corrected chi connectivity index (χ2v) is 7.46.